The van der Waals surface area contributed by atoms with Crippen LogP contribution in [0.4, 0.5) is 5.82 Å². The Hall–Kier alpha value is -3.61. The molecule has 0 atom stereocenters. The molecular weight excluding hydrogens is 452 g/mol. The van der Waals surface area contributed by atoms with Gasteiger partial charge in [-0.25, -0.2) is 4.68 Å². The molecule has 0 aliphatic carbocycles. The Labute approximate surface area is 214 Å². The Bertz CT molecular complexity index is 1220. The van der Waals surface area contributed by atoms with E-state index in [9.17, 15) is 9.59 Å². The second kappa shape index (κ2) is 11.0. The number of rotatable bonds is 8. The quantitative estimate of drug-likeness (QED) is 0.450. The number of nitrogens with one attached hydrogen (secondary N) is 1. The Morgan fingerprint density at radius 3 is 2.33 bits per heavy atom. The third kappa shape index (κ3) is 6.33. The summed E-state index contributed by atoms with van der Waals surface area (Å²) >= 11 is 0. The Kier molecular flexibility index (Phi) is 8.23. The molecule has 2 amide bonds. The molecule has 36 heavy (non-hydrogen) atoms. The zero-order valence-corrected chi connectivity index (χ0v) is 22.7. The summed E-state index contributed by atoms with van der Waals surface area (Å²) in [5.74, 6) is 0.992. The van der Waals surface area contributed by atoms with Crippen LogP contribution in [-0.4, -0.2) is 46.7 Å². The Balaban J connectivity index is 1.89. The first-order chi connectivity index (χ1) is 16.9. The number of carbonyl (C=O) groups excluding carboxylic acids is 2. The van der Waals surface area contributed by atoms with Gasteiger partial charge in [-0.15, -0.1) is 0 Å². The number of hydrogen-bond acceptors (Lipinski definition) is 4. The van der Waals surface area contributed by atoms with Crippen LogP contribution in [0.1, 0.15) is 61.8 Å². The highest BCUT2D eigenvalue weighted by Gasteiger charge is 2.24. The van der Waals surface area contributed by atoms with Gasteiger partial charge in [-0.05, 0) is 61.2 Å². The first-order valence-corrected chi connectivity index (χ1v) is 12.3. The summed E-state index contributed by atoms with van der Waals surface area (Å²) in [5.41, 5.74) is 4.33. The van der Waals surface area contributed by atoms with E-state index in [1.54, 1.807) is 41.0 Å². The van der Waals surface area contributed by atoms with Gasteiger partial charge in [0.05, 0.1) is 18.5 Å². The van der Waals surface area contributed by atoms with Crippen molar-refractivity contribution in [2.24, 2.45) is 5.92 Å². The molecule has 0 saturated carbocycles. The first-order valence-electron chi connectivity index (χ1n) is 12.3. The lowest BCUT2D eigenvalue weighted by Gasteiger charge is -2.24. The van der Waals surface area contributed by atoms with Gasteiger partial charge in [-0.1, -0.05) is 46.8 Å². The standard InChI is InChI=1S/C29H38N4O3/c1-19(2)17-32(28(35)22-12-14-23(36-8)15-13-22)18-27(34)30-26-16-25(29(5,6)7)31-33(26)24-11-9-10-20(3)21(24)4/h9-16,19H,17-18H2,1-8H3,(H,30,34). The van der Waals surface area contributed by atoms with E-state index in [0.717, 1.165) is 22.5 Å². The second-order valence-corrected chi connectivity index (χ2v) is 10.7. The van der Waals surface area contributed by atoms with Crippen LogP contribution in [0.15, 0.2) is 48.5 Å². The number of methoxy groups -OCH3 is 1. The lowest BCUT2D eigenvalue weighted by atomic mass is 9.92. The number of nitrogens with zero attached hydrogens (tertiary/aromatic N) is 3. The van der Waals surface area contributed by atoms with Gasteiger partial charge in [-0.2, -0.15) is 5.10 Å². The number of ether oxygens (including phenoxy) is 1. The summed E-state index contributed by atoms with van der Waals surface area (Å²) in [6.07, 6.45) is 0. The zero-order chi connectivity index (χ0) is 26.6. The molecule has 1 N–H and O–H groups in total. The van der Waals surface area contributed by atoms with E-state index in [4.69, 9.17) is 9.84 Å². The van der Waals surface area contributed by atoms with Gasteiger partial charge in [-0.3, -0.25) is 9.59 Å². The summed E-state index contributed by atoms with van der Waals surface area (Å²) in [6, 6.07) is 14.9. The molecule has 7 heteroatoms. The van der Waals surface area contributed by atoms with Gasteiger partial charge in [0.2, 0.25) is 5.91 Å². The third-order valence-electron chi connectivity index (χ3n) is 6.09. The average molecular weight is 491 g/mol. The van der Waals surface area contributed by atoms with Crippen molar-refractivity contribution < 1.29 is 14.3 Å². The predicted molar refractivity (Wildman–Crippen MR) is 144 cm³/mol. The molecule has 0 bridgehead atoms. The van der Waals surface area contributed by atoms with Crippen molar-refractivity contribution in [2.45, 2.75) is 53.9 Å². The zero-order valence-electron chi connectivity index (χ0n) is 22.7. The van der Waals surface area contributed by atoms with E-state index < -0.39 is 0 Å². The number of hydrogen-bond donors (Lipinski definition) is 1. The highest BCUT2D eigenvalue weighted by molar-refractivity contribution is 5.99. The lowest BCUT2D eigenvalue weighted by molar-refractivity contribution is -0.117. The molecule has 2 aromatic carbocycles. The minimum atomic E-state index is -0.274. The van der Waals surface area contributed by atoms with Crippen molar-refractivity contribution in [3.63, 3.8) is 0 Å². The number of aromatic nitrogens is 2. The molecule has 1 aromatic heterocycles. The minimum Gasteiger partial charge on any atom is -0.497 e. The molecule has 192 valence electrons. The number of benzene rings is 2. The molecule has 0 fully saturated rings. The maximum absolute atomic E-state index is 13.3. The topological polar surface area (TPSA) is 76.5 Å². The van der Waals surface area contributed by atoms with Crippen LogP contribution in [0, 0.1) is 19.8 Å². The molecular formula is C29H38N4O3. The molecule has 0 radical (unpaired) electrons. The molecule has 3 rings (SSSR count). The molecule has 3 aromatic rings. The lowest BCUT2D eigenvalue weighted by Crippen LogP contribution is -2.40. The fourth-order valence-electron chi connectivity index (χ4n) is 3.92. The van der Waals surface area contributed by atoms with Crippen molar-refractivity contribution in [1.29, 1.82) is 0 Å². The highest BCUT2D eigenvalue weighted by atomic mass is 16.5. The number of amides is 2. The molecule has 7 nitrogen and oxygen atoms in total. The Morgan fingerprint density at radius 1 is 1.08 bits per heavy atom. The van der Waals surface area contributed by atoms with Crippen molar-refractivity contribution >= 4 is 17.6 Å². The molecule has 0 aliphatic rings. The smallest absolute Gasteiger partial charge is 0.254 e. The van der Waals surface area contributed by atoms with Crippen LogP contribution in [0.3, 0.4) is 0 Å². The number of aryl methyl sites for hydroxylation is 1. The summed E-state index contributed by atoms with van der Waals surface area (Å²) in [6.45, 7) is 14.8. The van der Waals surface area contributed by atoms with Crippen LogP contribution >= 0.6 is 0 Å². The van der Waals surface area contributed by atoms with E-state index in [1.807, 2.05) is 39.0 Å². The van der Waals surface area contributed by atoms with Crippen LogP contribution < -0.4 is 10.1 Å². The van der Waals surface area contributed by atoms with Crippen LogP contribution in [0.5, 0.6) is 5.75 Å². The normalized spacial score (nSPS) is 11.5. The average Bonchev–Trinajstić information content (AvgIpc) is 3.23. The minimum absolute atomic E-state index is 0.0636. The van der Waals surface area contributed by atoms with Crippen LogP contribution in [0.25, 0.3) is 5.69 Å². The largest absolute Gasteiger partial charge is 0.497 e. The summed E-state index contributed by atoms with van der Waals surface area (Å²) in [7, 11) is 1.58. The van der Waals surface area contributed by atoms with Gasteiger partial charge >= 0.3 is 0 Å². The third-order valence-corrected chi connectivity index (χ3v) is 6.09. The molecule has 1 heterocycles. The maximum atomic E-state index is 13.3. The van der Waals surface area contributed by atoms with E-state index in [-0.39, 0.29) is 29.7 Å². The van der Waals surface area contributed by atoms with Crippen LogP contribution in [-0.2, 0) is 10.2 Å². The SMILES string of the molecule is COc1ccc(C(=O)N(CC(=O)Nc2cc(C(C)(C)C)nn2-c2cccc(C)c2C)CC(C)C)cc1. The number of anilines is 1. The van der Waals surface area contributed by atoms with E-state index >= 15 is 0 Å². The molecule has 0 spiro atoms. The van der Waals surface area contributed by atoms with E-state index in [0.29, 0.717) is 23.7 Å². The van der Waals surface area contributed by atoms with Crippen molar-refractivity contribution in [2.75, 3.05) is 25.5 Å². The summed E-state index contributed by atoms with van der Waals surface area (Å²) < 4.78 is 6.99. The van der Waals surface area contributed by atoms with Crippen molar-refractivity contribution in [1.82, 2.24) is 14.7 Å². The van der Waals surface area contributed by atoms with Crippen molar-refractivity contribution in [3.05, 3.63) is 70.9 Å². The molecule has 0 unspecified atom stereocenters. The van der Waals surface area contributed by atoms with Crippen molar-refractivity contribution in [3.8, 4) is 11.4 Å². The van der Waals surface area contributed by atoms with Gasteiger partial charge in [0.1, 0.15) is 18.1 Å². The number of carbonyl (C=O) groups is 2. The second-order valence-electron chi connectivity index (χ2n) is 10.7. The van der Waals surface area contributed by atoms with Gasteiger partial charge in [0.25, 0.3) is 5.91 Å². The maximum Gasteiger partial charge on any atom is 0.254 e. The summed E-state index contributed by atoms with van der Waals surface area (Å²) in [4.78, 5) is 28.1. The Morgan fingerprint density at radius 2 is 1.75 bits per heavy atom. The summed E-state index contributed by atoms with van der Waals surface area (Å²) in [5, 5.41) is 7.87. The fourth-order valence-corrected chi connectivity index (χ4v) is 3.92. The molecule has 0 aliphatic heterocycles. The van der Waals surface area contributed by atoms with E-state index in [2.05, 4.69) is 39.1 Å². The predicted octanol–water partition coefficient (Wildman–Crippen LogP) is 5.53. The fraction of sp³-hybridized carbons (Fsp3) is 0.414. The van der Waals surface area contributed by atoms with E-state index in [1.165, 1.54) is 0 Å². The first kappa shape index (κ1) is 27.0. The molecule has 0 saturated heterocycles. The van der Waals surface area contributed by atoms with Gasteiger partial charge < -0.3 is 15.0 Å². The van der Waals surface area contributed by atoms with Gasteiger partial charge in [0.15, 0.2) is 0 Å². The van der Waals surface area contributed by atoms with Crippen LogP contribution in [0.2, 0.25) is 0 Å². The monoisotopic (exact) mass is 490 g/mol. The highest BCUT2D eigenvalue weighted by Crippen LogP contribution is 2.28. The van der Waals surface area contributed by atoms with Gasteiger partial charge in [0, 0.05) is 23.6 Å².